The van der Waals surface area contributed by atoms with Gasteiger partial charge in [-0.05, 0) is 0 Å². The summed E-state index contributed by atoms with van der Waals surface area (Å²) >= 11 is 0. The van der Waals surface area contributed by atoms with Crippen molar-refractivity contribution in [1.29, 1.82) is 0 Å². The summed E-state index contributed by atoms with van der Waals surface area (Å²) in [6.07, 6.45) is 0. The van der Waals surface area contributed by atoms with E-state index in [1.165, 1.54) is 0 Å². The molecule has 0 amide bonds. The number of nitrogens with two attached hydrogens (primary N) is 1. The normalized spacial score (nSPS) is 10.2. The van der Waals surface area contributed by atoms with Crippen molar-refractivity contribution >= 4 is 10.1 Å². The van der Waals surface area contributed by atoms with Crippen LogP contribution in [0.5, 0.6) is 0 Å². The molecule has 3 N–H and O–H groups in total. The first kappa shape index (κ1) is 11.2. The standard InChI is InChI=1S/C2H7NO3S.Mn/c3-1-2-7(4,5)6;/h1-3H2,(H,4,5,6);. The largest absolute Gasteiger partial charge is 0.329 e. The Kier molecular flexibility index (Phi) is 6.01. The Morgan fingerprint density at radius 3 is 1.88 bits per heavy atom. The fraction of sp³-hybridized carbons (Fsp3) is 1.00. The molecule has 4 nitrogen and oxygen atoms in total. The third kappa shape index (κ3) is 9.63. The molecule has 0 bridgehead atoms. The minimum Gasteiger partial charge on any atom is -0.329 e. The van der Waals surface area contributed by atoms with Gasteiger partial charge in [0, 0.05) is 23.6 Å². The maximum Gasteiger partial charge on any atom is 0.266 e. The van der Waals surface area contributed by atoms with Crippen molar-refractivity contribution in [2.75, 3.05) is 12.3 Å². The predicted molar refractivity (Wildman–Crippen MR) is 25.5 cm³/mol. The average Bonchev–Trinajstić information content (AvgIpc) is 1.30. The van der Waals surface area contributed by atoms with Gasteiger partial charge in [-0.25, -0.2) is 0 Å². The Morgan fingerprint density at radius 1 is 1.50 bits per heavy atom. The van der Waals surface area contributed by atoms with Crippen molar-refractivity contribution in [2.24, 2.45) is 5.73 Å². The van der Waals surface area contributed by atoms with E-state index in [1.807, 2.05) is 0 Å². The van der Waals surface area contributed by atoms with E-state index in [0.717, 1.165) is 0 Å². The van der Waals surface area contributed by atoms with E-state index in [0.29, 0.717) is 0 Å². The maximum atomic E-state index is 9.71. The van der Waals surface area contributed by atoms with Gasteiger partial charge in [-0.1, -0.05) is 0 Å². The van der Waals surface area contributed by atoms with Crippen LogP contribution in [0.2, 0.25) is 0 Å². The number of hydrogen-bond acceptors (Lipinski definition) is 3. The summed E-state index contributed by atoms with van der Waals surface area (Å²) in [5.41, 5.74) is 4.78. The first-order valence-electron chi connectivity index (χ1n) is 1.71. The molecular formula is C2H7MnNO3S. The van der Waals surface area contributed by atoms with E-state index >= 15 is 0 Å². The van der Waals surface area contributed by atoms with Crippen molar-refractivity contribution in [3.05, 3.63) is 0 Å². The van der Waals surface area contributed by atoms with E-state index in [9.17, 15) is 8.42 Å². The topological polar surface area (TPSA) is 80.4 Å². The van der Waals surface area contributed by atoms with Gasteiger partial charge in [0.15, 0.2) is 0 Å². The van der Waals surface area contributed by atoms with Crippen molar-refractivity contribution in [1.82, 2.24) is 0 Å². The Labute approximate surface area is 58.7 Å². The van der Waals surface area contributed by atoms with Gasteiger partial charge in [0.1, 0.15) is 0 Å². The van der Waals surface area contributed by atoms with Crippen LogP contribution in [-0.4, -0.2) is 25.3 Å². The fourth-order valence-corrected chi connectivity index (χ4v) is 0.447. The Hall–Kier alpha value is 0.389. The van der Waals surface area contributed by atoms with Gasteiger partial charge >= 0.3 is 0 Å². The minimum atomic E-state index is -3.80. The Bertz CT molecular complexity index is 130. The van der Waals surface area contributed by atoms with Gasteiger partial charge in [-0.3, -0.25) is 4.55 Å². The molecule has 0 aromatic carbocycles. The van der Waals surface area contributed by atoms with Crippen LogP contribution in [-0.2, 0) is 27.2 Å². The summed E-state index contributed by atoms with van der Waals surface area (Å²) in [4.78, 5) is 0. The molecule has 0 saturated heterocycles. The summed E-state index contributed by atoms with van der Waals surface area (Å²) in [6, 6.07) is 0. The monoisotopic (exact) mass is 180 g/mol. The smallest absolute Gasteiger partial charge is 0.266 e. The van der Waals surface area contributed by atoms with Crippen LogP contribution >= 0.6 is 0 Å². The van der Waals surface area contributed by atoms with Gasteiger partial charge in [-0.2, -0.15) is 8.42 Å². The molecule has 0 aliphatic carbocycles. The summed E-state index contributed by atoms with van der Waals surface area (Å²) in [7, 11) is -3.80. The second kappa shape index (κ2) is 4.29. The molecule has 0 aliphatic rings. The molecule has 0 aromatic rings. The summed E-state index contributed by atoms with van der Waals surface area (Å²) in [5.74, 6) is -0.354. The van der Waals surface area contributed by atoms with Gasteiger partial charge in [0.05, 0.1) is 5.75 Å². The van der Waals surface area contributed by atoms with Crippen molar-refractivity contribution in [2.45, 2.75) is 0 Å². The second-order valence-electron chi connectivity index (χ2n) is 1.07. The van der Waals surface area contributed by atoms with E-state index < -0.39 is 10.1 Å². The van der Waals surface area contributed by atoms with E-state index in [2.05, 4.69) is 0 Å². The molecule has 0 unspecified atom stereocenters. The van der Waals surface area contributed by atoms with Crippen LogP contribution < -0.4 is 5.73 Å². The van der Waals surface area contributed by atoms with Crippen LogP contribution in [0, 0.1) is 0 Å². The van der Waals surface area contributed by atoms with Gasteiger partial charge < -0.3 is 5.73 Å². The SMILES string of the molecule is NCCS(=O)(=O)O.[Mn]. The van der Waals surface area contributed by atoms with Crippen LogP contribution in [0.15, 0.2) is 0 Å². The molecule has 1 radical (unpaired) electrons. The Balaban J connectivity index is 0. The summed E-state index contributed by atoms with van der Waals surface area (Å²) in [5, 5.41) is 0. The summed E-state index contributed by atoms with van der Waals surface area (Å²) in [6.45, 7) is -0.0289. The number of rotatable bonds is 2. The molecular weight excluding hydrogens is 173 g/mol. The first-order valence-corrected chi connectivity index (χ1v) is 3.32. The maximum absolute atomic E-state index is 9.71. The third-order valence-electron chi connectivity index (χ3n) is 0.376. The zero-order valence-corrected chi connectivity index (χ0v) is 6.04. The van der Waals surface area contributed by atoms with Gasteiger partial charge in [0.2, 0.25) is 0 Å². The van der Waals surface area contributed by atoms with Crippen LogP contribution in [0.4, 0.5) is 0 Å². The first-order chi connectivity index (χ1) is 3.06. The van der Waals surface area contributed by atoms with Crippen LogP contribution in [0.1, 0.15) is 0 Å². The predicted octanol–water partition coefficient (Wildman–Crippen LogP) is -1.17. The van der Waals surface area contributed by atoms with Crippen molar-refractivity contribution in [3.63, 3.8) is 0 Å². The molecule has 0 saturated carbocycles. The molecule has 0 atom stereocenters. The van der Waals surface area contributed by atoms with Crippen LogP contribution in [0.3, 0.4) is 0 Å². The second-order valence-corrected chi connectivity index (χ2v) is 2.65. The molecule has 0 spiro atoms. The minimum absolute atomic E-state index is 0. The fourth-order valence-electron chi connectivity index (χ4n) is 0.149. The van der Waals surface area contributed by atoms with E-state index in [-0.39, 0.29) is 29.4 Å². The molecule has 6 heteroatoms. The van der Waals surface area contributed by atoms with Gasteiger partial charge in [-0.15, -0.1) is 0 Å². The zero-order chi connectivity index (χ0) is 5.91. The Morgan fingerprint density at radius 2 is 1.88 bits per heavy atom. The molecule has 0 aliphatic heterocycles. The van der Waals surface area contributed by atoms with Crippen molar-refractivity contribution < 1.29 is 30.0 Å². The molecule has 0 aromatic heterocycles. The van der Waals surface area contributed by atoms with Gasteiger partial charge in [0.25, 0.3) is 10.1 Å². The average molecular weight is 180 g/mol. The zero-order valence-electron chi connectivity index (χ0n) is 4.04. The van der Waals surface area contributed by atoms with E-state index in [1.54, 1.807) is 0 Å². The molecule has 0 fully saturated rings. The molecule has 0 rings (SSSR count). The summed E-state index contributed by atoms with van der Waals surface area (Å²) < 4.78 is 27.3. The number of hydrogen-bond donors (Lipinski definition) is 2. The molecule has 8 heavy (non-hydrogen) atoms. The third-order valence-corrected chi connectivity index (χ3v) is 1.13. The molecule has 0 heterocycles. The molecule has 51 valence electrons. The van der Waals surface area contributed by atoms with Crippen LogP contribution in [0.25, 0.3) is 0 Å². The van der Waals surface area contributed by atoms with Crippen molar-refractivity contribution in [3.8, 4) is 0 Å². The quantitative estimate of drug-likeness (QED) is 0.414. The van der Waals surface area contributed by atoms with E-state index in [4.69, 9.17) is 10.3 Å².